The van der Waals surface area contributed by atoms with Crippen molar-refractivity contribution in [1.82, 2.24) is 9.80 Å². The molecule has 21 heavy (non-hydrogen) atoms. The van der Waals surface area contributed by atoms with Gasteiger partial charge in [-0.25, -0.2) is 0 Å². The van der Waals surface area contributed by atoms with Crippen molar-refractivity contribution < 1.29 is 4.79 Å². The van der Waals surface area contributed by atoms with E-state index in [0.717, 1.165) is 19.4 Å². The second kappa shape index (κ2) is 6.18. The Morgan fingerprint density at radius 3 is 2.29 bits per heavy atom. The first kappa shape index (κ1) is 16.0. The SMILES string of the molecule is CC(C)Cc1ccc(CN(C)C(=O)C2(C)CCN2C)cc1. The molecule has 1 amide bonds. The molecule has 1 aromatic carbocycles. The van der Waals surface area contributed by atoms with Crippen molar-refractivity contribution in [2.75, 3.05) is 20.6 Å². The zero-order valence-corrected chi connectivity index (χ0v) is 14.0. The molecule has 0 aliphatic carbocycles. The van der Waals surface area contributed by atoms with Crippen LogP contribution < -0.4 is 0 Å². The number of likely N-dealkylation sites (N-methyl/N-ethyl adjacent to an activating group) is 2. The number of carbonyl (C=O) groups excluding carboxylic acids is 1. The summed E-state index contributed by atoms with van der Waals surface area (Å²) in [6.45, 7) is 8.21. The van der Waals surface area contributed by atoms with Crippen molar-refractivity contribution in [3.8, 4) is 0 Å². The van der Waals surface area contributed by atoms with E-state index in [9.17, 15) is 4.79 Å². The Morgan fingerprint density at radius 2 is 1.86 bits per heavy atom. The number of hydrogen-bond acceptors (Lipinski definition) is 2. The quantitative estimate of drug-likeness (QED) is 0.831. The predicted molar refractivity (Wildman–Crippen MR) is 87.1 cm³/mol. The van der Waals surface area contributed by atoms with Crippen molar-refractivity contribution in [2.45, 2.75) is 45.7 Å². The van der Waals surface area contributed by atoms with Crippen LogP contribution >= 0.6 is 0 Å². The molecule has 2 rings (SSSR count). The lowest BCUT2D eigenvalue weighted by Gasteiger charge is -2.48. The number of nitrogens with zero attached hydrogens (tertiary/aromatic N) is 2. The number of hydrogen-bond donors (Lipinski definition) is 0. The van der Waals surface area contributed by atoms with Gasteiger partial charge >= 0.3 is 0 Å². The van der Waals surface area contributed by atoms with Crippen LogP contribution in [0.25, 0.3) is 0 Å². The molecule has 0 radical (unpaired) electrons. The van der Waals surface area contributed by atoms with Crippen LogP contribution in [0.3, 0.4) is 0 Å². The fourth-order valence-electron chi connectivity index (χ4n) is 2.95. The summed E-state index contributed by atoms with van der Waals surface area (Å²) in [6.07, 6.45) is 2.07. The smallest absolute Gasteiger partial charge is 0.242 e. The topological polar surface area (TPSA) is 23.6 Å². The summed E-state index contributed by atoms with van der Waals surface area (Å²) in [5, 5.41) is 0. The zero-order valence-electron chi connectivity index (χ0n) is 14.0. The summed E-state index contributed by atoms with van der Waals surface area (Å²) < 4.78 is 0. The molecule has 116 valence electrons. The average molecular weight is 288 g/mol. The third kappa shape index (κ3) is 3.46. The van der Waals surface area contributed by atoms with Crippen molar-refractivity contribution in [1.29, 1.82) is 0 Å². The van der Waals surface area contributed by atoms with Crippen LogP contribution in [-0.4, -0.2) is 41.9 Å². The second-order valence-corrected chi connectivity index (χ2v) is 7.02. The predicted octanol–water partition coefficient (Wildman–Crippen LogP) is 2.94. The van der Waals surface area contributed by atoms with Crippen molar-refractivity contribution >= 4 is 5.91 Å². The first-order valence-electron chi connectivity index (χ1n) is 7.87. The number of likely N-dealkylation sites (tertiary alicyclic amines) is 1. The monoisotopic (exact) mass is 288 g/mol. The van der Waals surface area contributed by atoms with Gasteiger partial charge in [0.05, 0.1) is 5.54 Å². The van der Waals surface area contributed by atoms with E-state index in [0.29, 0.717) is 12.5 Å². The van der Waals surface area contributed by atoms with E-state index in [1.807, 2.05) is 25.9 Å². The van der Waals surface area contributed by atoms with Crippen LogP contribution in [-0.2, 0) is 17.8 Å². The molecule has 0 aromatic heterocycles. The normalized spacial score (nSPS) is 22.2. The molecule has 1 unspecified atom stereocenters. The maximum absolute atomic E-state index is 12.6. The standard InChI is InChI=1S/C18H28N2O/c1-14(2)12-15-6-8-16(9-7-15)13-19(4)17(21)18(3)10-11-20(18)5/h6-9,14H,10-13H2,1-5H3. The zero-order chi connectivity index (χ0) is 15.6. The molecule has 0 spiro atoms. The molecular formula is C18H28N2O. The van der Waals surface area contributed by atoms with E-state index < -0.39 is 0 Å². The summed E-state index contributed by atoms with van der Waals surface area (Å²) in [5.74, 6) is 0.900. The lowest BCUT2D eigenvalue weighted by molar-refractivity contribution is -0.149. The Bertz CT molecular complexity index is 494. The minimum atomic E-state index is -0.299. The molecule has 1 heterocycles. The van der Waals surface area contributed by atoms with Gasteiger partial charge < -0.3 is 4.90 Å². The van der Waals surface area contributed by atoms with Gasteiger partial charge in [0.2, 0.25) is 5.91 Å². The Balaban J connectivity index is 1.96. The molecule has 3 nitrogen and oxygen atoms in total. The Morgan fingerprint density at radius 1 is 1.29 bits per heavy atom. The number of amides is 1. The number of rotatable bonds is 5. The number of carbonyl (C=O) groups is 1. The van der Waals surface area contributed by atoms with E-state index >= 15 is 0 Å². The molecule has 3 heteroatoms. The lowest BCUT2D eigenvalue weighted by Crippen LogP contribution is -2.64. The van der Waals surface area contributed by atoms with Gasteiger partial charge in [0.25, 0.3) is 0 Å². The molecular weight excluding hydrogens is 260 g/mol. The molecule has 1 atom stereocenters. The van der Waals surface area contributed by atoms with E-state index in [1.165, 1.54) is 11.1 Å². The summed E-state index contributed by atoms with van der Waals surface area (Å²) in [6, 6.07) is 8.66. The third-order valence-corrected chi connectivity index (χ3v) is 4.67. The van der Waals surface area contributed by atoms with E-state index in [4.69, 9.17) is 0 Å². The molecule has 0 saturated carbocycles. The molecule has 0 bridgehead atoms. The van der Waals surface area contributed by atoms with Crippen molar-refractivity contribution in [3.63, 3.8) is 0 Å². The molecule has 1 aliphatic rings. The largest absolute Gasteiger partial charge is 0.340 e. The maximum Gasteiger partial charge on any atom is 0.242 e. The number of benzene rings is 1. The van der Waals surface area contributed by atoms with Crippen LogP contribution in [0.5, 0.6) is 0 Å². The molecule has 1 aromatic rings. The summed E-state index contributed by atoms with van der Waals surface area (Å²) in [4.78, 5) is 16.5. The van der Waals surface area contributed by atoms with Gasteiger partial charge in [-0.1, -0.05) is 38.1 Å². The fraction of sp³-hybridized carbons (Fsp3) is 0.611. The molecule has 1 fully saturated rings. The van der Waals surface area contributed by atoms with E-state index in [-0.39, 0.29) is 11.4 Å². The third-order valence-electron chi connectivity index (χ3n) is 4.67. The van der Waals surface area contributed by atoms with Crippen LogP contribution in [0.15, 0.2) is 24.3 Å². The molecule has 1 aliphatic heterocycles. The molecule has 1 saturated heterocycles. The van der Waals surface area contributed by atoms with Crippen molar-refractivity contribution in [2.24, 2.45) is 5.92 Å². The lowest BCUT2D eigenvalue weighted by atomic mass is 9.86. The summed E-state index contributed by atoms with van der Waals surface area (Å²) >= 11 is 0. The molecule has 0 N–H and O–H groups in total. The van der Waals surface area contributed by atoms with Gasteiger partial charge in [-0.15, -0.1) is 0 Å². The van der Waals surface area contributed by atoms with Gasteiger partial charge in [-0.3, -0.25) is 9.69 Å². The first-order valence-corrected chi connectivity index (χ1v) is 7.87. The second-order valence-electron chi connectivity index (χ2n) is 7.02. The minimum Gasteiger partial charge on any atom is -0.340 e. The first-order chi connectivity index (χ1) is 9.83. The van der Waals surface area contributed by atoms with E-state index in [1.54, 1.807) is 0 Å². The van der Waals surface area contributed by atoms with Gasteiger partial charge in [0.1, 0.15) is 0 Å². The summed E-state index contributed by atoms with van der Waals surface area (Å²) in [7, 11) is 3.93. The Hall–Kier alpha value is -1.35. The van der Waals surface area contributed by atoms with Gasteiger partial charge in [-0.2, -0.15) is 0 Å². The highest BCUT2D eigenvalue weighted by molar-refractivity contribution is 5.86. The van der Waals surface area contributed by atoms with Gasteiger partial charge in [0.15, 0.2) is 0 Å². The highest BCUT2D eigenvalue weighted by atomic mass is 16.2. The van der Waals surface area contributed by atoms with Crippen LogP contribution in [0.2, 0.25) is 0 Å². The van der Waals surface area contributed by atoms with Crippen molar-refractivity contribution in [3.05, 3.63) is 35.4 Å². The summed E-state index contributed by atoms with van der Waals surface area (Å²) in [5.41, 5.74) is 2.27. The maximum atomic E-state index is 12.6. The van der Waals surface area contributed by atoms with Gasteiger partial charge in [-0.05, 0) is 43.9 Å². The van der Waals surface area contributed by atoms with Gasteiger partial charge in [0, 0.05) is 20.1 Å². The highest BCUT2D eigenvalue weighted by Crippen LogP contribution is 2.30. The van der Waals surface area contributed by atoms with E-state index in [2.05, 4.69) is 43.0 Å². The van der Waals surface area contributed by atoms with Crippen LogP contribution in [0.4, 0.5) is 0 Å². The fourth-order valence-corrected chi connectivity index (χ4v) is 2.95. The Kier molecular flexibility index (Phi) is 4.72. The van der Waals surface area contributed by atoms with Crippen LogP contribution in [0.1, 0.15) is 38.3 Å². The average Bonchev–Trinajstić information content (AvgIpc) is 2.45. The minimum absolute atomic E-state index is 0.225. The Labute approximate surface area is 128 Å². The highest BCUT2D eigenvalue weighted by Gasteiger charge is 2.45. The van der Waals surface area contributed by atoms with Crippen LogP contribution in [0, 0.1) is 5.92 Å².